The molecule has 0 bridgehead atoms. The lowest BCUT2D eigenvalue weighted by Gasteiger charge is -2.09. The number of carboxylic acids is 2. The number of hydrogen-bond acceptors (Lipinski definition) is 4. The molecular formula is C8H7ClN2O4. The summed E-state index contributed by atoms with van der Waals surface area (Å²) in [6.45, 7) is 0. The van der Waals surface area contributed by atoms with E-state index in [1.54, 1.807) is 0 Å². The Morgan fingerprint density at radius 1 is 1.20 bits per heavy atom. The highest BCUT2D eigenvalue weighted by molar-refractivity contribution is 6.37. The summed E-state index contributed by atoms with van der Waals surface area (Å²) in [4.78, 5) is 21.5. The highest BCUT2D eigenvalue weighted by Gasteiger charge is 2.23. The van der Waals surface area contributed by atoms with E-state index in [1.165, 1.54) is 0 Å². The number of nitrogens with two attached hydrogens (primary N) is 2. The summed E-state index contributed by atoms with van der Waals surface area (Å²) in [7, 11) is 0. The van der Waals surface area contributed by atoms with Crippen molar-refractivity contribution in [2.45, 2.75) is 0 Å². The van der Waals surface area contributed by atoms with Crippen molar-refractivity contribution in [1.82, 2.24) is 0 Å². The van der Waals surface area contributed by atoms with Crippen molar-refractivity contribution >= 4 is 34.9 Å². The van der Waals surface area contributed by atoms with Gasteiger partial charge in [-0.15, -0.1) is 0 Å². The van der Waals surface area contributed by atoms with Crippen molar-refractivity contribution in [2.24, 2.45) is 0 Å². The van der Waals surface area contributed by atoms with Gasteiger partial charge in [-0.2, -0.15) is 0 Å². The molecule has 0 aliphatic carbocycles. The van der Waals surface area contributed by atoms with Crippen LogP contribution in [0.4, 0.5) is 11.4 Å². The maximum absolute atomic E-state index is 10.8. The van der Waals surface area contributed by atoms with E-state index < -0.39 is 23.1 Å². The van der Waals surface area contributed by atoms with Crippen LogP contribution >= 0.6 is 11.6 Å². The number of aromatic carboxylic acids is 2. The number of carbonyl (C=O) groups is 2. The van der Waals surface area contributed by atoms with E-state index in [0.29, 0.717) is 0 Å². The number of nitrogen functional groups attached to an aromatic ring is 2. The van der Waals surface area contributed by atoms with Crippen LogP contribution in [-0.2, 0) is 0 Å². The van der Waals surface area contributed by atoms with Gasteiger partial charge in [-0.1, -0.05) is 11.6 Å². The van der Waals surface area contributed by atoms with Crippen molar-refractivity contribution < 1.29 is 19.8 Å². The quantitative estimate of drug-likeness (QED) is 0.559. The molecule has 0 aliphatic rings. The van der Waals surface area contributed by atoms with Gasteiger partial charge in [0.15, 0.2) is 0 Å². The van der Waals surface area contributed by atoms with Gasteiger partial charge in [-0.3, -0.25) is 0 Å². The molecular weight excluding hydrogens is 224 g/mol. The second-order valence-corrected chi connectivity index (χ2v) is 3.10. The Balaban J connectivity index is 3.65. The van der Waals surface area contributed by atoms with Crippen LogP contribution in [-0.4, -0.2) is 22.2 Å². The van der Waals surface area contributed by atoms with Gasteiger partial charge in [0.1, 0.15) is 0 Å². The second kappa shape index (κ2) is 3.66. The molecule has 7 heteroatoms. The molecule has 0 aliphatic heterocycles. The van der Waals surface area contributed by atoms with Crippen molar-refractivity contribution in [3.05, 3.63) is 22.2 Å². The fourth-order valence-electron chi connectivity index (χ4n) is 1.06. The maximum Gasteiger partial charge on any atom is 0.338 e. The summed E-state index contributed by atoms with van der Waals surface area (Å²) in [6.07, 6.45) is 0. The van der Waals surface area contributed by atoms with E-state index in [2.05, 4.69) is 0 Å². The molecule has 1 rings (SSSR count). The van der Waals surface area contributed by atoms with Crippen molar-refractivity contribution in [2.75, 3.05) is 11.5 Å². The standard InChI is InChI=1S/C8H7ClN2O4/c9-5-4(8(14)15)2(7(12)13)1-3(10)6(5)11/h1H,10-11H2,(H,12,13)(H,14,15). The minimum absolute atomic E-state index is 0.0672. The summed E-state index contributed by atoms with van der Waals surface area (Å²) in [5, 5.41) is 17.1. The second-order valence-electron chi connectivity index (χ2n) is 2.73. The number of benzene rings is 1. The first kappa shape index (κ1) is 11.1. The van der Waals surface area contributed by atoms with Crippen LogP contribution in [0.2, 0.25) is 5.02 Å². The number of rotatable bonds is 2. The number of anilines is 2. The first-order chi connectivity index (χ1) is 6.86. The third-order valence-corrected chi connectivity index (χ3v) is 2.17. The van der Waals surface area contributed by atoms with Crippen LogP contribution in [0.25, 0.3) is 0 Å². The van der Waals surface area contributed by atoms with Crippen LogP contribution in [0.5, 0.6) is 0 Å². The molecule has 0 spiro atoms. The molecule has 6 nitrogen and oxygen atoms in total. The third-order valence-electron chi connectivity index (χ3n) is 1.78. The lowest BCUT2D eigenvalue weighted by molar-refractivity contribution is 0.0652. The van der Waals surface area contributed by atoms with Gasteiger partial charge in [-0.25, -0.2) is 9.59 Å². The predicted octanol–water partition coefficient (Wildman–Crippen LogP) is 0.901. The van der Waals surface area contributed by atoms with E-state index in [-0.39, 0.29) is 16.4 Å². The van der Waals surface area contributed by atoms with Gasteiger partial charge >= 0.3 is 11.9 Å². The summed E-state index contributed by atoms with van der Waals surface area (Å²) < 4.78 is 0. The summed E-state index contributed by atoms with van der Waals surface area (Å²) in [5.41, 5.74) is 9.49. The van der Waals surface area contributed by atoms with E-state index in [0.717, 1.165) is 6.07 Å². The molecule has 0 saturated carbocycles. The number of carboxylic acid groups (broad SMARTS) is 2. The fourth-order valence-corrected chi connectivity index (χ4v) is 1.35. The normalized spacial score (nSPS) is 9.93. The average Bonchev–Trinajstić information content (AvgIpc) is 2.12. The Bertz CT molecular complexity index is 458. The average molecular weight is 231 g/mol. The summed E-state index contributed by atoms with van der Waals surface area (Å²) in [6, 6.07) is 0.965. The molecule has 1 aromatic carbocycles. The molecule has 80 valence electrons. The zero-order valence-electron chi connectivity index (χ0n) is 7.32. The minimum Gasteiger partial charge on any atom is -0.478 e. The maximum atomic E-state index is 10.8. The van der Waals surface area contributed by atoms with Gasteiger partial charge in [0.25, 0.3) is 0 Å². The Kier molecular flexibility index (Phi) is 2.71. The molecule has 0 atom stereocenters. The number of halogens is 1. The third kappa shape index (κ3) is 1.79. The molecule has 0 unspecified atom stereocenters. The van der Waals surface area contributed by atoms with Gasteiger partial charge < -0.3 is 21.7 Å². The van der Waals surface area contributed by atoms with Crippen molar-refractivity contribution in [3.63, 3.8) is 0 Å². The minimum atomic E-state index is -1.47. The molecule has 0 radical (unpaired) electrons. The lowest BCUT2D eigenvalue weighted by Crippen LogP contribution is -2.12. The van der Waals surface area contributed by atoms with Gasteiger partial charge in [-0.05, 0) is 6.07 Å². The van der Waals surface area contributed by atoms with E-state index in [4.69, 9.17) is 33.3 Å². The zero-order chi connectivity index (χ0) is 11.7. The van der Waals surface area contributed by atoms with Gasteiger partial charge in [0.2, 0.25) is 0 Å². The highest BCUT2D eigenvalue weighted by atomic mass is 35.5. The summed E-state index contributed by atoms with van der Waals surface area (Å²) in [5.74, 6) is -2.90. The van der Waals surface area contributed by atoms with E-state index in [9.17, 15) is 9.59 Å². The molecule has 0 fully saturated rings. The Hall–Kier alpha value is -1.95. The Morgan fingerprint density at radius 3 is 2.13 bits per heavy atom. The SMILES string of the molecule is Nc1cc(C(=O)O)c(C(=O)O)c(Cl)c1N. The van der Waals surface area contributed by atoms with Crippen LogP contribution in [0.3, 0.4) is 0 Å². The molecule has 1 aromatic rings. The largest absolute Gasteiger partial charge is 0.478 e. The zero-order valence-corrected chi connectivity index (χ0v) is 8.08. The first-order valence-electron chi connectivity index (χ1n) is 3.70. The van der Waals surface area contributed by atoms with Crippen molar-refractivity contribution in [1.29, 1.82) is 0 Å². The molecule has 0 heterocycles. The molecule has 15 heavy (non-hydrogen) atoms. The first-order valence-corrected chi connectivity index (χ1v) is 4.08. The lowest BCUT2D eigenvalue weighted by atomic mass is 10.1. The van der Waals surface area contributed by atoms with Crippen LogP contribution in [0.15, 0.2) is 6.07 Å². The van der Waals surface area contributed by atoms with Gasteiger partial charge in [0.05, 0.1) is 27.5 Å². The Morgan fingerprint density at radius 2 is 1.73 bits per heavy atom. The Labute approximate surface area is 89.1 Å². The highest BCUT2D eigenvalue weighted by Crippen LogP contribution is 2.32. The van der Waals surface area contributed by atoms with Crippen LogP contribution in [0, 0.1) is 0 Å². The molecule has 6 N–H and O–H groups in total. The monoisotopic (exact) mass is 230 g/mol. The van der Waals surface area contributed by atoms with Crippen LogP contribution < -0.4 is 11.5 Å². The molecule has 0 amide bonds. The van der Waals surface area contributed by atoms with E-state index in [1.807, 2.05) is 0 Å². The molecule has 0 saturated heterocycles. The van der Waals surface area contributed by atoms with Crippen molar-refractivity contribution in [3.8, 4) is 0 Å². The summed E-state index contributed by atoms with van der Waals surface area (Å²) >= 11 is 5.59. The fraction of sp³-hybridized carbons (Fsp3) is 0. The van der Waals surface area contributed by atoms with Gasteiger partial charge in [0, 0.05) is 0 Å². The topological polar surface area (TPSA) is 127 Å². The molecule has 0 aromatic heterocycles. The van der Waals surface area contributed by atoms with E-state index >= 15 is 0 Å². The number of hydrogen-bond donors (Lipinski definition) is 4. The smallest absolute Gasteiger partial charge is 0.338 e. The van der Waals surface area contributed by atoms with Crippen LogP contribution in [0.1, 0.15) is 20.7 Å². The predicted molar refractivity (Wildman–Crippen MR) is 54.2 cm³/mol.